The molecule has 2 aromatic carbocycles. The lowest BCUT2D eigenvalue weighted by Crippen LogP contribution is -2.21. The van der Waals surface area contributed by atoms with E-state index in [9.17, 15) is 4.79 Å². The molecule has 1 saturated heterocycles. The van der Waals surface area contributed by atoms with Gasteiger partial charge in [-0.05, 0) is 58.0 Å². The van der Waals surface area contributed by atoms with Crippen molar-refractivity contribution in [3.63, 3.8) is 0 Å². The Morgan fingerprint density at radius 3 is 2.56 bits per heavy atom. The first-order valence-corrected chi connectivity index (χ1v) is 12.0. The second-order valence-corrected chi connectivity index (χ2v) is 9.66. The third-order valence-corrected chi connectivity index (χ3v) is 7.11. The highest BCUT2D eigenvalue weighted by atomic mass is 32.2. The molecule has 0 spiro atoms. The standard InChI is InChI=1S/C25H27N5OS/c1-17-23(20-12-6-7-13-21(20)26-17)24(31)18(2)32-25-28-27-22(16-29-14-8-9-15-29)30(25)19-10-4-3-5-11-19/h3-7,10-13,18,26H,8-9,14-16H2,1-2H3. The van der Waals surface area contributed by atoms with Crippen molar-refractivity contribution in [3.05, 3.63) is 71.7 Å². The predicted octanol–water partition coefficient (Wildman–Crippen LogP) is 5.02. The number of hydrogen-bond donors (Lipinski definition) is 1. The van der Waals surface area contributed by atoms with Crippen LogP contribution in [0.5, 0.6) is 0 Å². The molecule has 0 bridgehead atoms. The van der Waals surface area contributed by atoms with Gasteiger partial charge in [-0.2, -0.15) is 0 Å². The number of aromatic amines is 1. The van der Waals surface area contributed by atoms with E-state index in [4.69, 9.17) is 0 Å². The Morgan fingerprint density at radius 2 is 1.78 bits per heavy atom. The summed E-state index contributed by atoms with van der Waals surface area (Å²) < 4.78 is 2.11. The van der Waals surface area contributed by atoms with Gasteiger partial charge >= 0.3 is 0 Å². The summed E-state index contributed by atoms with van der Waals surface area (Å²) in [5, 5.41) is 10.5. The van der Waals surface area contributed by atoms with Gasteiger partial charge < -0.3 is 4.98 Å². The molecular weight excluding hydrogens is 418 g/mol. The molecule has 5 rings (SSSR count). The number of H-pyrrole nitrogens is 1. The normalized spacial score (nSPS) is 15.4. The lowest BCUT2D eigenvalue weighted by molar-refractivity contribution is 0.0995. The molecule has 164 valence electrons. The Labute approximate surface area is 192 Å². The van der Waals surface area contributed by atoms with E-state index in [1.807, 2.05) is 56.3 Å². The number of rotatable bonds is 7. The number of nitrogens with one attached hydrogen (secondary N) is 1. The molecule has 0 amide bonds. The number of Topliss-reactive ketones (excluding diaryl/α,β-unsaturated/α-hetero) is 1. The van der Waals surface area contributed by atoms with E-state index < -0.39 is 0 Å². The Kier molecular flexibility index (Phi) is 5.85. The average molecular weight is 446 g/mol. The summed E-state index contributed by atoms with van der Waals surface area (Å²) in [5.41, 5.74) is 3.69. The summed E-state index contributed by atoms with van der Waals surface area (Å²) in [5.74, 6) is 1.03. The minimum absolute atomic E-state index is 0.105. The van der Waals surface area contributed by atoms with Gasteiger partial charge in [-0.15, -0.1) is 10.2 Å². The molecule has 2 aromatic heterocycles. The SMILES string of the molecule is Cc1[nH]c2ccccc2c1C(=O)C(C)Sc1nnc(CN2CCCC2)n1-c1ccccc1. The van der Waals surface area contributed by atoms with Crippen LogP contribution in [-0.4, -0.2) is 48.8 Å². The summed E-state index contributed by atoms with van der Waals surface area (Å²) in [6.45, 7) is 6.88. The molecule has 6 nitrogen and oxygen atoms in total. The molecule has 3 heterocycles. The lowest BCUT2D eigenvalue weighted by Gasteiger charge is -2.17. The van der Waals surface area contributed by atoms with E-state index in [0.717, 1.165) is 58.5 Å². The van der Waals surface area contributed by atoms with Gasteiger partial charge in [-0.25, -0.2) is 0 Å². The number of aromatic nitrogens is 4. The topological polar surface area (TPSA) is 66.8 Å². The van der Waals surface area contributed by atoms with Crippen LogP contribution in [0.2, 0.25) is 0 Å². The molecule has 1 unspecified atom stereocenters. The van der Waals surface area contributed by atoms with E-state index in [1.54, 1.807) is 0 Å². The molecule has 7 heteroatoms. The van der Waals surface area contributed by atoms with E-state index in [2.05, 4.69) is 36.8 Å². The van der Waals surface area contributed by atoms with Crippen molar-refractivity contribution in [2.24, 2.45) is 0 Å². The van der Waals surface area contributed by atoms with Crippen molar-refractivity contribution in [3.8, 4) is 5.69 Å². The summed E-state index contributed by atoms with van der Waals surface area (Å²) in [6.07, 6.45) is 2.47. The average Bonchev–Trinajstić information content (AvgIpc) is 3.53. The van der Waals surface area contributed by atoms with Crippen molar-refractivity contribution in [1.82, 2.24) is 24.6 Å². The van der Waals surface area contributed by atoms with Crippen LogP contribution in [0.1, 0.15) is 41.6 Å². The van der Waals surface area contributed by atoms with Gasteiger partial charge in [0, 0.05) is 27.8 Å². The molecule has 0 radical (unpaired) electrons. The summed E-state index contributed by atoms with van der Waals surface area (Å²) >= 11 is 1.47. The number of para-hydroxylation sites is 2. The number of carbonyl (C=O) groups is 1. The lowest BCUT2D eigenvalue weighted by atomic mass is 10.1. The number of nitrogens with zero attached hydrogens (tertiary/aromatic N) is 4. The molecule has 1 fully saturated rings. The monoisotopic (exact) mass is 445 g/mol. The molecule has 32 heavy (non-hydrogen) atoms. The highest BCUT2D eigenvalue weighted by Gasteiger charge is 2.26. The highest BCUT2D eigenvalue weighted by Crippen LogP contribution is 2.31. The van der Waals surface area contributed by atoms with E-state index in [0.29, 0.717) is 0 Å². The third kappa shape index (κ3) is 3.98. The van der Waals surface area contributed by atoms with Crippen molar-refractivity contribution in [2.45, 2.75) is 43.6 Å². The third-order valence-electron chi connectivity index (χ3n) is 6.07. The fourth-order valence-corrected chi connectivity index (χ4v) is 5.41. The fraction of sp³-hybridized carbons (Fsp3) is 0.320. The predicted molar refractivity (Wildman–Crippen MR) is 129 cm³/mol. The molecule has 0 aliphatic carbocycles. The first-order chi connectivity index (χ1) is 15.6. The summed E-state index contributed by atoms with van der Waals surface area (Å²) in [7, 11) is 0. The zero-order valence-corrected chi connectivity index (χ0v) is 19.2. The summed E-state index contributed by atoms with van der Waals surface area (Å²) in [4.78, 5) is 19.2. The van der Waals surface area contributed by atoms with Gasteiger partial charge in [0.15, 0.2) is 16.8 Å². The molecule has 1 atom stereocenters. The van der Waals surface area contributed by atoms with Crippen LogP contribution in [0.4, 0.5) is 0 Å². The van der Waals surface area contributed by atoms with E-state index in [1.165, 1.54) is 24.6 Å². The Hall–Kier alpha value is -2.90. The van der Waals surface area contributed by atoms with Gasteiger partial charge in [-0.3, -0.25) is 14.3 Å². The smallest absolute Gasteiger partial charge is 0.196 e. The maximum atomic E-state index is 13.5. The number of fused-ring (bicyclic) bond motifs is 1. The molecule has 1 aliphatic rings. The first-order valence-electron chi connectivity index (χ1n) is 11.1. The van der Waals surface area contributed by atoms with Gasteiger partial charge in [0.1, 0.15) is 0 Å². The number of likely N-dealkylation sites (tertiary alicyclic amines) is 1. The number of ketones is 1. The molecule has 1 aliphatic heterocycles. The van der Waals surface area contributed by atoms with Crippen LogP contribution in [-0.2, 0) is 6.54 Å². The highest BCUT2D eigenvalue weighted by molar-refractivity contribution is 8.00. The van der Waals surface area contributed by atoms with Crippen LogP contribution in [0.3, 0.4) is 0 Å². The largest absolute Gasteiger partial charge is 0.358 e. The minimum atomic E-state index is -0.292. The zero-order valence-electron chi connectivity index (χ0n) is 18.4. The number of carbonyl (C=O) groups excluding carboxylic acids is 1. The van der Waals surface area contributed by atoms with Crippen molar-refractivity contribution in [1.29, 1.82) is 0 Å². The van der Waals surface area contributed by atoms with E-state index >= 15 is 0 Å². The molecule has 1 N–H and O–H groups in total. The Morgan fingerprint density at radius 1 is 1.06 bits per heavy atom. The Bertz CT molecular complexity index is 1240. The van der Waals surface area contributed by atoms with Crippen molar-refractivity contribution >= 4 is 28.4 Å². The van der Waals surface area contributed by atoms with Gasteiger partial charge in [-0.1, -0.05) is 48.2 Å². The second-order valence-electron chi connectivity index (χ2n) is 8.35. The number of aryl methyl sites for hydroxylation is 1. The zero-order chi connectivity index (χ0) is 22.1. The van der Waals surface area contributed by atoms with Crippen molar-refractivity contribution in [2.75, 3.05) is 13.1 Å². The number of hydrogen-bond acceptors (Lipinski definition) is 5. The Balaban J connectivity index is 1.46. The molecular formula is C25H27N5OS. The number of benzene rings is 2. The van der Waals surface area contributed by atoms with Crippen LogP contribution in [0, 0.1) is 6.92 Å². The quantitative estimate of drug-likeness (QED) is 0.320. The van der Waals surface area contributed by atoms with E-state index in [-0.39, 0.29) is 11.0 Å². The van der Waals surface area contributed by atoms with Crippen LogP contribution in [0.15, 0.2) is 59.8 Å². The van der Waals surface area contributed by atoms with Crippen LogP contribution < -0.4 is 0 Å². The maximum Gasteiger partial charge on any atom is 0.196 e. The van der Waals surface area contributed by atoms with Gasteiger partial charge in [0.2, 0.25) is 0 Å². The molecule has 0 saturated carbocycles. The van der Waals surface area contributed by atoms with Gasteiger partial charge in [0.05, 0.1) is 11.8 Å². The van der Waals surface area contributed by atoms with Gasteiger partial charge in [0.25, 0.3) is 0 Å². The second kappa shape index (κ2) is 8.92. The summed E-state index contributed by atoms with van der Waals surface area (Å²) in [6, 6.07) is 18.1. The fourth-order valence-electron chi connectivity index (χ4n) is 4.47. The number of thioether (sulfide) groups is 1. The van der Waals surface area contributed by atoms with Crippen molar-refractivity contribution < 1.29 is 4.79 Å². The molecule has 4 aromatic rings. The maximum absolute atomic E-state index is 13.5. The minimum Gasteiger partial charge on any atom is -0.358 e. The van der Waals surface area contributed by atoms with Crippen LogP contribution in [0.25, 0.3) is 16.6 Å². The van der Waals surface area contributed by atoms with Crippen LogP contribution >= 0.6 is 11.8 Å². The first kappa shape index (κ1) is 21.0.